The largest absolute Gasteiger partial charge is 0.374 e. The minimum Gasteiger partial charge on any atom is -0.374 e. The zero-order valence-corrected chi connectivity index (χ0v) is 12.0. The highest BCUT2D eigenvalue weighted by atomic mass is 35.5. The van der Waals surface area contributed by atoms with Gasteiger partial charge in [-0.2, -0.15) is 0 Å². The Hall–Kier alpha value is -1.01. The van der Waals surface area contributed by atoms with Gasteiger partial charge in [-0.05, 0) is 6.92 Å². The van der Waals surface area contributed by atoms with Gasteiger partial charge in [0.25, 0.3) is 6.43 Å². The molecule has 0 aromatic carbocycles. The van der Waals surface area contributed by atoms with Crippen molar-refractivity contribution in [2.45, 2.75) is 33.1 Å². The molecule has 1 N–H and O–H groups in total. The summed E-state index contributed by atoms with van der Waals surface area (Å²) in [6.45, 7) is 5.76. The van der Waals surface area contributed by atoms with Crippen LogP contribution >= 0.6 is 11.6 Å². The number of rotatable bonds is 7. The zero-order valence-electron chi connectivity index (χ0n) is 11.2. The lowest BCUT2D eigenvalue weighted by atomic mass is 10.2. The smallest absolute Gasteiger partial charge is 0.261 e. The minimum atomic E-state index is -2.44. The molecule has 1 heterocycles. The molecule has 0 unspecified atom stereocenters. The van der Waals surface area contributed by atoms with Crippen molar-refractivity contribution in [2.24, 2.45) is 0 Å². The Kier molecular flexibility index (Phi) is 6.37. The standard InChI is InChI=1S/C12H18ClF2N3O/c1-7(2)11-17-10(13)8(3)12(18-11)16-4-5-19-6-9(14)15/h7,9H,4-6H2,1-3H3,(H,16,17,18). The van der Waals surface area contributed by atoms with Crippen molar-refractivity contribution in [3.63, 3.8) is 0 Å². The van der Waals surface area contributed by atoms with E-state index in [1.165, 1.54) is 0 Å². The number of aromatic nitrogens is 2. The maximum atomic E-state index is 11.9. The number of nitrogens with one attached hydrogen (secondary N) is 1. The molecule has 0 saturated heterocycles. The summed E-state index contributed by atoms with van der Waals surface area (Å²) in [4.78, 5) is 8.54. The third-order valence-corrected chi connectivity index (χ3v) is 2.77. The van der Waals surface area contributed by atoms with E-state index in [0.29, 0.717) is 23.3 Å². The molecule has 0 saturated carbocycles. The van der Waals surface area contributed by atoms with Crippen LogP contribution in [0.1, 0.15) is 31.2 Å². The summed E-state index contributed by atoms with van der Waals surface area (Å²) >= 11 is 6.02. The first-order valence-corrected chi connectivity index (χ1v) is 6.43. The summed E-state index contributed by atoms with van der Waals surface area (Å²) in [5.41, 5.74) is 0.736. The second kappa shape index (κ2) is 7.55. The van der Waals surface area contributed by atoms with Crippen molar-refractivity contribution in [3.8, 4) is 0 Å². The normalized spacial score (nSPS) is 11.4. The van der Waals surface area contributed by atoms with Gasteiger partial charge in [0.1, 0.15) is 23.4 Å². The maximum absolute atomic E-state index is 11.9. The van der Waals surface area contributed by atoms with Crippen LogP contribution in [0.2, 0.25) is 5.15 Å². The van der Waals surface area contributed by atoms with E-state index >= 15 is 0 Å². The van der Waals surface area contributed by atoms with Crippen LogP contribution in [0.3, 0.4) is 0 Å². The van der Waals surface area contributed by atoms with Crippen molar-refractivity contribution in [1.82, 2.24) is 9.97 Å². The lowest BCUT2D eigenvalue weighted by Gasteiger charge is -2.13. The molecular formula is C12H18ClF2N3O. The van der Waals surface area contributed by atoms with E-state index in [0.717, 1.165) is 5.56 Å². The predicted octanol–water partition coefficient (Wildman–Crippen LogP) is 3.26. The lowest BCUT2D eigenvalue weighted by Crippen LogP contribution is -2.15. The average Bonchev–Trinajstić information content (AvgIpc) is 2.33. The fourth-order valence-corrected chi connectivity index (χ4v) is 1.53. The van der Waals surface area contributed by atoms with Crippen LogP contribution < -0.4 is 5.32 Å². The Morgan fingerprint density at radius 2 is 2.00 bits per heavy atom. The van der Waals surface area contributed by atoms with E-state index in [2.05, 4.69) is 15.3 Å². The second-order valence-corrected chi connectivity index (χ2v) is 4.75. The van der Waals surface area contributed by atoms with E-state index in [1.54, 1.807) is 6.92 Å². The van der Waals surface area contributed by atoms with Gasteiger partial charge in [0.2, 0.25) is 0 Å². The predicted molar refractivity (Wildman–Crippen MR) is 71.2 cm³/mol. The lowest BCUT2D eigenvalue weighted by molar-refractivity contribution is 0.0214. The van der Waals surface area contributed by atoms with Crippen molar-refractivity contribution in [1.29, 1.82) is 0 Å². The second-order valence-electron chi connectivity index (χ2n) is 4.39. The molecule has 0 aliphatic carbocycles. The van der Waals surface area contributed by atoms with Gasteiger partial charge in [0.15, 0.2) is 0 Å². The molecule has 4 nitrogen and oxygen atoms in total. The van der Waals surface area contributed by atoms with E-state index in [9.17, 15) is 8.78 Å². The Morgan fingerprint density at radius 3 is 2.58 bits per heavy atom. The van der Waals surface area contributed by atoms with Gasteiger partial charge in [0, 0.05) is 18.0 Å². The molecule has 0 fully saturated rings. The summed E-state index contributed by atoms with van der Waals surface area (Å²) in [6.07, 6.45) is -2.44. The van der Waals surface area contributed by atoms with Crippen molar-refractivity contribution in [2.75, 3.05) is 25.1 Å². The summed E-state index contributed by atoms with van der Waals surface area (Å²) in [6, 6.07) is 0. The fraction of sp³-hybridized carbons (Fsp3) is 0.667. The van der Waals surface area contributed by atoms with Crippen molar-refractivity contribution >= 4 is 17.4 Å². The monoisotopic (exact) mass is 293 g/mol. The summed E-state index contributed by atoms with van der Waals surface area (Å²) in [5, 5.41) is 3.42. The summed E-state index contributed by atoms with van der Waals surface area (Å²) in [5.74, 6) is 1.42. The highest BCUT2D eigenvalue weighted by molar-refractivity contribution is 6.30. The van der Waals surface area contributed by atoms with Gasteiger partial charge < -0.3 is 10.1 Å². The van der Waals surface area contributed by atoms with Gasteiger partial charge in [-0.25, -0.2) is 18.7 Å². The first-order valence-electron chi connectivity index (χ1n) is 6.05. The number of ether oxygens (including phenoxy) is 1. The van der Waals surface area contributed by atoms with Crippen molar-refractivity contribution < 1.29 is 13.5 Å². The number of anilines is 1. The molecular weight excluding hydrogens is 276 g/mol. The Balaban J connectivity index is 2.57. The summed E-state index contributed by atoms with van der Waals surface area (Å²) in [7, 11) is 0. The zero-order chi connectivity index (χ0) is 14.4. The Labute approximate surface area is 116 Å². The van der Waals surface area contributed by atoms with Crippen LogP contribution in [-0.4, -0.2) is 36.2 Å². The number of halogens is 3. The molecule has 0 bridgehead atoms. The maximum Gasteiger partial charge on any atom is 0.261 e. The topological polar surface area (TPSA) is 47.0 Å². The van der Waals surface area contributed by atoms with Gasteiger partial charge in [-0.3, -0.25) is 0 Å². The number of nitrogens with zero attached hydrogens (tertiary/aromatic N) is 2. The van der Waals surface area contributed by atoms with Crippen LogP contribution in [0, 0.1) is 6.92 Å². The molecule has 7 heteroatoms. The SMILES string of the molecule is Cc1c(Cl)nc(C(C)C)nc1NCCOCC(F)F. The molecule has 0 atom stereocenters. The molecule has 0 amide bonds. The first kappa shape index (κ1) is 16.0. The van der Waals surface area contributed by atoms with Crippen molar-refractivity contribution in [3.05, 3.63) is 16.5 Å². The summed E-state index contributed by atoms with van der Waals surface area (Å²) < 4.78 is 28.5. The molecule has 0 radical (unpaired) electrons. The molecule has 0 spiro atoms. The number of hydrogen-bond donors (Lipinski definition) is 1. The average molecular weight is 294 g/mol. The van der Waals surface area contributed by atoms with Crippen LogP contribution in [0.15, 0.2) is 0 Å². The molecule has 1 rings (SSSR count). The van der Waals surface area contributed by atoms with Gasteiger partial charge >= 0.3 is 0 Å². The first-order chi connectivity index (χ1) is 8.91. The van der Waals surface area contributed by atoms with Crippen LogP contribution in [-0.2, 0) is 4.74 Å². The fourth-order valence-electron chi connectivity index (χ4n) is 1.35. The van der Waals surface area contributed by atoms with E-state index in [1.807, 2.05) is 13.8 Å². The van der Waals surface area contributed by atoms with Crippen LogP contribution in [0.25, 0.3) is 0 Å². The highest BCUT2D eigenvalue weighted by Crippen LogP contribution is 2.22. The molecule has 0 aliphatic heterocycles. The van der Waals surface area contributed by atoms with Gasteiger partial charge in [0.05, 0.1) is 6.61 Å². The number of alkyl halides is 2. The molecule has 1 aromatic rings. The third kappa shape index (κ3) is 5.24. The van der Waals surface area contributed by atoms with Gasteiger partial charge in [-0.15, -0.1) is 0 Å². The molecule has 19 heavy (non-hydrogen) atoms. The quantitative estimate of drug-likeness (QED) is 0.619. The third-order valence-electron chi connectivity index (χ3n) is 2.40. The van der Waals surface area contributed by atoms with E-state index in [4.69, 9.17) is 16.3 Å². The Morgan fingerprint density at radius 1 is 1.32 bits per heavy atom. The highest BCUT2D eigenvalue weighted by Gasteiger charge is 2.11. The number of hydrogen-bond acceptors (Lipinski definition) is 4. The van der Waals surface area contributed by atoms with E-state index < -0.39 is 13.0 Å². The van der Waals surface area contributed by atoms with E-state index in [-0.39, 0.29) is 12.5 Å². The molecule has 1 aromatic heterocycles. The minimum absolute atomic E-state index is 0.161. The molecule has 0 aliphatic rings. The van der Waals surface area contributed by atoms with Crippen LogP contribution in [0.4, 0.5) is 14.6 Å². The van der Waals surface area contributed by atoms with Crippen LogP contribution in [0.5, 0.6) is 0 Å². The Bertz CT molecular complexity index is 416. The van der Waals surface area contributed by atoms with Gasteiger partial charge in [-0.1, -0.05) is 25.4 Å². The molecule has 108 valence electrons.